The van der Waals surface area contributed by atoms with E-state index >= 15 is 0 Å². The summed E-state index contributed by atoms with van der Waals surface area (Å²) in [6.07, 6.45) is 4.53. The zero-order valence-corrected chi connectivity index (χ0v) is 17.9. The Morgan fingerprint density at radius 3 is 2.58 bits per heavy atom. The molecule has 0 aliphatic rings. The summed E-state index contributed by atoms with van der Waals surface area (Å²) in [5.74, 6) is 0.574. The van der Waals surface area contributed by atoms with Crippen molar-refractivity contribution in [2.24, 2.45) is 5.10 Å². The normalized spacial score (nSPS) is 10.6. The molecule has 9 nitrogen and oxygen atoms in total. The van der Waals surface area contributed by atoms with Gasteiger partial charge in [-0.25, -0.2) is 5.43 Å². The lowest BCUT2D eigenvalue weighted by atomic mass is 10.2. The number of methoxy groups -OCH3 is 1. The first-order valence-corrected chi connectivity index (χ1v) is 9.74. The average molecular weight is 485 g/mol. The molecule has 0 fully saturated rings. The first-order valence-electron chi connectivity index (χ1n) is 8.95. The van der Waals surface area contributed by atoms with Gasteiger partial charge in [-0.15, -0.1) is 0 Å². The Bertz CT molecular complexity index is 1100. The van der Waals surface area contributed by atoms with Crippen LogP contribution in [0, 0.1) is 10.1 Å². The van der Waals surface area contributed by atoms with Crippen LogP contribution in [0.4, 0.5) is 5.69 Å². The SMILES string of the molecule is COc1cc(/C=N/NC(=O)c2ccncc2)cc(Br)c1OCc1ccc([N+](=O)[O-])cc1. The van der Waals surface area contributed by atoms with Crippen LogP contribution in [0.15, 0.2) is 70.5 Å². The highest BCUT2D eigenvalue weighted by molar-refractivity contribution is 9.10. The maximum Gasteiger partial charge on any atom is 0.271 e. The Morgan fingerprint density at radius 2 is 1.94 bits per heavy atom. The number of carbonyl (C=O) groups is 1. The van der Waals surface area contributed by atoms with E-state index in [1.54, 1.807) is 36.4 Å². The van der Waals surface area contributed by atoms with Gasteiger partial charge in [0.15, 0.2) is 11.5 Å². The van der Waals surface area contributed by atoms with Crippen LogP contribution in [0.1, 0.15) is 21.5 Å². The molecule has 0 saturated heterocycles. The third-order valence-electron chi connectivity index (χ3n) is 4.10. The van der Waals surface area contributed by atoms with Crippen LogP contribution in [-0.4, -0.2) is 29.1 Å². The van der Waals surface area contributed by atoms with Gasteiger partial charge < -0.3 is 9.47 Å². The third-order valence-corrected chi connectivity index (χ3v) is 4.69. The molecule has 0 aliphatic heterocycles. The van der Waals surface area contributed by atoms with Crippen LogP contribution in [0.3, 0.4) is 0 Å². The van der Waals surface area contributed by atoms with E-state index in [0.29, 0.717) is 27.1 Å². The highest BCUT2D eigenvalue weighted by Crippen LogP contribution is 2.37. The Kier molecular flexibility index (Phi) is 7.28. The van der Waals surface area contributed by atoms with Crippen LogP contribution in [0.2, 0.25) is 0 Å². The first kappa shape index (κ1) is 21.9. The topological polar surface area (TPSA) is 116 Å². The van der Waals surface area contributed by atoms with E-state index in [9.17, 15) is 14.9 Å². The van der Waals surface area contributed by atoms with E-state index in [0.717, 1.165) is 5.56 Å². The van der Waals surface area contributed by atoms with Gasteiger partial charge in [-0.2, -0.15) is 5.10 Å². The van der Waals surface area contributed by atoms with E-state index in [4.69, 9.17) is 9.47 Å². The predicted octanol–water partition coefficient (Wildman–Crippen LogP) is 4.10. The minimum absolute atomic E-state index is 0.0159. The molecule has 0 atom stereocenters. The summed E-state index contributed by atoms with van der Waals surface area (Å²) >= 11 is 3.45. The molecule has 0 saturated carbocycles. The van der Waals surface area contributed by atoms with Gasteiger partial charge in [0, 0.05) is 30.1 Å². The van der Waals surface area contributed by atoms with Gasteiger partial charge in [0.25, 0.3) is 11.6 Å². The van der Waals surface area contributed by atoms with Gasteiger partial charge in [0.05, 0.1) is 22.7 Å². The van der Waals surface area contributed by atoms with Crippen LogP contribution >= 0.6 is 15.9 Å². The van der Waals surface area contributed by atoms with Crippen molar-refractivity contribution in [2.75, 3.05) is 7.11 Å². The van der Waals surface area contributed by atoms with Gasteiger partial charge in [0.2, 0.25) is 0 Å². The second kappa shape index (κ2) is 10.3. The molecule has 0 bridgehead atoms. The number of hydrogen-bond acceptors (Lipinski definition) is 7. The molecule has 0 radical (unpaired) electrons. The molecule has 0 aliphatic carbocycles. The van der Waals surface area contributed by atoms with E-state index in [2.05, 4.69) is 31.4 Å². The molecule has 1 amide bonds. The summed E-state index contributed by atoms with van der Waals surface area (Å²) in [7, 11) is 1.51. The molecule has 1 aromatic heterocycles. The van der Waals surface area contributed by atoms with E-state index in [1.165, 1.54) is 37.9 Å². The number of hydrogen-bond donors (Lipinski definition) is 1. The van der Waals surface area contributed by atoms with Gasteiger partial charge in [0.1, 0.15) is 6.61 Å². The number of nitro benzene ring substituents is 1. The van der Waals surface area contributed by atoms with Crippen molar-refractivity contribution in [2.45, 2.75) is 6.61 Å². The van der Waals surface area contributed by atoms with Crippen LogP contribution in [-0.2, 0) is 6.61 Å². The summed E-state index contributed by atoms with van der Waals surface area (Å²) in [5, 5.41) is 14.7. The summed E-state index contributed by atoms with van der Waals surface area (Å²) < 4.78 is 11.9. The molecule has 0 spiro atoms. The standard InChI is InChI=1S/C21H17BrN4O5/c1-30-19-11-15(12-24-25-21(27)16-6-8-23-9-7-16)10-18(22)20(19)31-13-14-2-4-17(5-3-14)26(28)29/h2-12H,13H2,1H3,(H,25,27)/b24-12+. The molecule has 10 heteroatoms. The van der Waals surface area contributed by atoms with Crippen LogP contribution in [0.5, 0.6) is 11.5 Å². The minimum Gasteiger partial charge on any atom is -0.493 e. The maximum atomic E-state index is 12.0. The molecule has 3 rings (SSSR count). The van der Waals surface area contributed by atoms with Crippen molar-refractivity contribution in [1.29, 1.82) is 0 Å². The summed E-state index contributed by atoms with van der Waals surface area (Å²) in [4.78, 5) is 26.2. The lowest BCUT2D eigenvalue weighted by Crippen LogP contribution is -2.17. The van der Waals surface area contributed by atoms with Crippen molar-refractivity contribution in [3.05, 3.63) is 92.2 Å². The minimum atomic E-state index is -0.454. The van der Waals surface area contributed by atoms with Gasteiger partial charge in [-0.1, -0.05) is 0 Å². The quantitative estimate of drug-likeness (QED) is 0.292. The van der Waals surface area contributed by atoms with Gasteiger partial charge >= 0.3 is 0 Å². The smallest absolute Gasteiger partial charge is 0.271 e. The zero-order valence-electron chi connectivity index (χ0n) is 16.3. The van der Waals surface area contributed by atoms with Crippen molar-refractivity contribution in [3.8, 4) is 11.5 Å². The molecule has 1 heterocycles. The predicted molar refractivity (Wildman–Crippen MR) is 117 cm³/mol. The number of benzene rings is 2. The average Bonchev–Trinajstić information content (AvgIpc) is 2.78. The number of rotatable bonds is 8. The second-order valence-electron chi connectivity index (χ2n) is 6.18. The molecule has 3 aromatic rings. The second-order valence-corrected chi connectivity index (χ2v) is 7.04. The number of nitrogens with zero attached hydrogens (tertiary/aromatic N) is 3. The molecule has 0 unspecified atom stereocenters. The lowest BCUT2D eigenvalue weighted by Gasteiger charge is -2.13. The van der Waals surface area contributed by atoms with Gasteiger partial charge in [-0.3, -0.25) is 19.9 Å². The largest absolute Gasteiger partial charge is 0.493 e. The maximum absolute atomic E-state index is 12.0. The molecule has 31 heavy (non-hydrogen) atoms. The number of ether oxygens (including phenoxy) is 2. The number of non-ortho nitro benzene ring substituents is 1. The number of carbonyl (C=O) groups excluding carboxylic acids is 1. The Morgan fingerprint density at radius 1 is 1.23 bits per heavy atom. The van der Waals surface area contributed by atoms with Crippen LogP contribution in [0.25, 0.3) is 0 Å². The third kappa shape index (κ3) is 5.86. The number of hydrazone groups is 1. The van der Waals surface area contributed by atoms with Crippen LogP contribution < -0.4 is 14.9 Å². The van der Waals surface area contributed by atoms with Crippen molar-refractivity contribution >= 4 is 33.7 Å². The Hall–Kier alpha value is -3.79. The fourth-order valence-electron chi connectivity index (χ4n) is 2.56. The number of aromatic nitrogens is 1. The van der Waals surface area contributed by atoms with Gasteiger partial charge in [-0.05, 0) is 63.5 Å². The molecule has 158 valence electrons. The number of amides is 1. The molecule has 1 N–H and O–H groups in total. The number of nitro groups is 1. The van der Waals surface area contributed by atoms with E-state index in [1.807, 2.05) is 0 Å². The van der Waals surface area contributed by atoms with Crippen molar-refractivity contribution in [3.63, 3.8) is 0 Å². The molecular weight excluding hydrogens is 468 g/mol. The summed E-state index contributed by atoms with van der Waals surface area (Å²) in [6.45, 7) is 0.197. The first-order chi connectivity index (χ1) is 15.0. The zero-order chi connectivity index (χ0) is 22.2. The van der Waals surface area contributed by atoms with E-state index < -0.39 is 4.92 Å². The van der Waals surface area contributed by atoms with Crippen molar-refractivity contribution in [1.82, 2.24) is 10.4 Å². The lowest BCUT2D eigenvalue weighted by molar-refractivity contribution is -0.384. The Balaban J connectivity index is 1.68. The highest BCUT2D eigenvalue weighted by Gasteiger charge is 2.12. The fraction of sp³-hybridized carbons (Fsp3) is 0.0952. The fourth-order valence-corrected chi connectivity index (χ4v) is 3.13. The monoisotopic (exact) mass is 484 g/mol. The summed E-state index contributed by atoms with van der Waals surface area (Å²) in [6, 6.07) is 12.7. The van der Waals surface area contributed by atoms with Crippen molar-refractivity contribution < 1.29 is 19.2 Å². The number of nitrogens with one attached hydrogen (secondary N) is 1. The van der Waals surface area contributed by atoms with E-state index in [-0.39, 0.29) is 18.2 Å². The Labute approximate surface area is 186 Å². The highest BCUT2D eigenvalue weighted by atomic mass is 79.9. The number of pyridine rings is 1. The molecular formula is C21H17BrN4O5. The summed E-state index contributed by atoms with van der Waals surface area (Å²) in [5.41, 5.74) is 4.34. The number of halogens is 1. The molecule has 2 aromatic carbocycles.